The Hall–Kier alpha value is -1.88. The lowest BCUT2D eigenvalue weighted by atomic mass is 10.3. The summed E-state index contributed by atoms with van der Waals surface area (Å²) in [6, 6.07) is 9.75. The summed E-state index contributed by atoms with van der Waals surface area (Å²) in [5.41, 5.74) is 9.13. The molecule has 90 valence electrons. The Morgan fingerprint density at radius 3 is 2.78 bits per heavy atom. The van der Waals surface area contributed by atoms with Crippen LogP contribution in [0.5, 0.6) is 0 Å². The lowest BCUT2D eigenvalue weighted by molar-refractivity contribution is 0.950. The van der Waals surface area contributed by atoms with E-state index in [1.165, 1.54) is 0 Å². The van der Waals surface area contributed by atoms with Gasteiger partial charge in [-0.15, -0.1) is 0 Å². The number of halogens is 1. The smallest absolute Gasteiger partial charge is 0.159 e. The molecule has 3 aromatic rings. The number of fused-ring (bicyclic) bond motifs is 1. The number of aryl methyl sites for hydroxylation is 1. The van der Waals surface area contributed by atoms with Crippen molar-refractivity contribution in [3.8, 4) is 11.5 Å². The van der Waals surface area contributed by atoms with Gasteiger partial charge in [0.1, 0.15) is 5.69 Å². The van der Waals surface area contributed by atoms with E-state index in [0.29, 0.717) is 5.69 Å². The quantitative estimate of drug-likeness (QED) is 0.752. The van der Waals surface area contributed by atoms with Crippen molar-refractivity contribution in [1.29, 1.82) is 0 Å². The highest BCUT2D eigenvalue weighted by atomic mass is 79.9. The van der Waals surface area contributed by atoms with E-state index in [4.69, 9.17) is 5.73 Å². The van der Waals surface area contributed by atoms with Crippen LogP contribution in [0.15, 0.2) is 41.0 Å². The molecule has 0 unspecified atom stereocenters. The SMILES string of the molecule is Cn1c(-c2ccc(N)cn2)nc2cc(Br)ccc21. The van der Waals surface area contributed by atoms with Crippen molar-refractivity contribution in [3.05, 3.63) is 41.0 Å². The van der Waals surface area contributed by atoms with Gasteiger partial charge in [0.15, 0.2) is 5.82 Å². The van der Waals surface area contributed by atoms with Crippen LogP contribution < -0.4 is 5.73 Å². The molecule has 0 saturated heterocycles. The van der Waals surface area contributed by atoms with Gasteiger partial charge in [0.25, 0.3) is 0 Å². The lowest BCUT2D eigenvalue weighted by Crippen LogP contribution is -1.95. The summed E-state index contributed by atoms with van der Waals surface area (Å²) in [5.74, 6) is 0.836. The van der Waals surface area contributed by atoms with Crippen LogP contribution in [-0.2, 0) is 7.05 Å². The van der Waals surface area contributed by atoms with E-state index in [1.807, 2.05) is 41.9 Å². The number of imidazole rings is 1. The summed E-state index contributed by atoms with van der Waals surface area (Å²) in [6.45, 7) is 0. The molecule has 0 bridgehead atoms. The molecule has 4 nitrogen and oxygen atoms in total. The van der Waals surface area contributed by atoms with Crippen LogP contribution in [0.2, 0.25) is 0 Å². The summed E-state index contributed by atoms with van der Waals surface area (Å²) in [5, 5.41) is 0. The third kappa shape index (κ3) is 1.76. The Labute approximate surface area is 113 Å². The molecule has 2 aromatic heterocycles. The molecule has 0 spiro atoms. The predicted molar refractivity (Wildman–Crippen MR) is 76.1 cm³/mol. The predicted octanol–water partition coefficient (Wildman–Crippen LogP) is 2.98. The Morgan fingerprint density at radius 1 is 1.22 bits per heavy atom. The molecule has 0 atom stereocenters. The molecule has 1 aromatic carbocycles. The van der Waals surface area contributed by atoms with Crippen LogP contribution in [0.25, 0.3) is 22.6 Å². The van der Waals surface area contributed by atoms with Gasteiger partial charge in [-0.1, -0.05) is 15.9 Å². The van der Waals surface area contributed by atoms with Crippen molar-refractivity contribution in [2.75, 3.05) is 5.73 Å². The first kappa shape index (κ1) is 11.2. The maximum absolute atomic E-state index is 5.64. The molecule has 3 rings (SSSR count). The Kier molecular flexibility index (Phi) is 2.56. The van der Waals surface area contributed by atoms with E-state index in [2.05, 4.69) is 25.9 Å². The van der Waals surface area contributed by atoms with Crippen molar-refractivity contribution in [2.24, 2.45) is 7.05 Å². The summed E-state index contributed by atoms with van der Waals surface area (Å²) in [7, 11) is 1.98. The minimum absolute atomic E-state index is 0.653. The van der Waals surface area contributed by atoms with Crippen LogP contribution in [-0.4, -0.2) is 14.5 Å². The van der Waals surface area contributed by atoms with Crippen LogP contribution in [0.4, 0.5) is 5.69 Å². The molecule has 2 heterocycles. The number of anilines is 1. The molecular formula is C13H11BrN4. The molecule has 0 amide bonds. The van der Waals surface area contributed by atoms with E-state index in [1.54, 1.807) is 6.20 Å². The first-order valence-electron chi connectivity index (χ1n) is 5.49. The van der Waals surface area contributed by atoms with E-state index in [0.717, 1.165) is 27.0 Å². The Balaban J connectivity index is 2.23. The normalized spacial score (nSPS) is 11.0. The van der Waals surface area contributed by atoms with Crippen molar-refractivity contribution in [3.63, 3.8) is 0 Å². The number of rotatable bonds is 1. The molecule has 0 radical (unpaired) electrons. The zero-order valence-corrected chi connectivity index (χ0v) is 11.3. The van der Waals surface area contributed by atoms with Gasteiger partial charge in [0.05, 0.1) is 22.9 Å². The number of hydrogen-bond acceptors (Lipinski definition) is 3. The first-order chi connectivity index (χ1) is 8.65. The summed E-state index contributed by atoms with van der Waals surface area (Å²) >= 11 is 3.45. The maximum Gasteiger partial charge on any atom is 0.159 e. The number of pyridine rings is 1. The second-order valence-corrected chi connectivity index (χ2v) is 5.02. The van der Waals surface area contributed by atoms with E-state index >= 15 is 0 Å². The fraction of sp³-hybridized carbons (Fsp3) is 0.0769. The third-order valence-electron chi connectivity index (χ3n) is 2.86. The van der Waals surface area contributed by atoms with Gasteiger partial charge in [-0.3, -0.25) is 4.98 Å². The number of benzene rings is 1. The molecule has 0 fully saturated rings. The van der Waals surface area contributed by atoms with E-state index < -0.39 is 0 Å². The van der Waals surface area contributed by atoms with Gasteiger partial charge in [-0.05, 0) is 30.3 Å². The highest BCUT2D eigenvalue weighted by Crippen LogP contribution is 2.24. The van der Waals surface area contributed by atoms with Gasteiger partial charge < -0.3 is 10.3 Å². The molecule has 18 heavy (non-hydrogen) atoms. The molecule has 2 N–H and O–H groups in total. The molecule has 0 aliphatic rings. The highest BCUT2D eigenvalue weighted by molar-refractivity contribution is 9.10. The highest BCUT2D eigenvalue weighted by Gasteiger charge is 2.10. The number of nitrogens with two attached hydrogens (primary N) is 1. The van der Waals surface area contributed by atoms with Gasteiger partial charge in [-0.25, -0.2) is 4.98 Å². The molecule has 0 aliphatic heterocycles. The number of nitrogens with zero attached hydrogens (tertiary/aromatic N) is 3. The van der Waals surface area contributed by atoms with Crippen molar-refractivity contribution in [1.82, 2.24) is 14.5 Å². The summed E-state index contributed by atoms with van der Waals surface area (Å²) < 4.78 is 3.05. The topological polar surface area (TPSA) is 56.7 Å². The van der Waals surface area contributed by atoms with Crippen molar-refractivity contribution < 1.29 is 0 Å². The van der Waals surface area contributed by atoms with E-state index in [9.17, 15) is 0 Å². The van der Waals surface area contributed by atoms with Gasteiger partial charge in [-0.2, -0.15) is 0 Å². The fourth-order valence-corrected chi connectivity index (χ4v) is 2.29. The average molecular weight is 303 g/mol. The largest absolute Gasteiger partial charge is 0.397 e. The lowest BCUT2D eigenvalue weighted by Gasteiger charge is -2.01. The van der Waals surface area contributed by atoms with Crippen molar-refractivity contribution in [2.45, 2.75) is 0 Å². The van der Waals surface area contributed by atoms with Gasteiger partial charge in [0, 0.05) is 11.5 Å². The fourth-order valence-electron chi connectivity index (χ4n) is 1.94. The number of hydrogen-bond donors (Lipinski definition) is 1. The zero-order valence-electron chi connectivity index (χ0n) is 9.76. The van der Waals surface area contributed by atoms with E-state index in [-0.39, 0.29) is 0 Å². The van der Waals surface area contributed by atoms with Gasteiger partial charge in [0.2, 0.25) is 0 Å². The van der Waals surface area contributed by atoms with Crippen molar-refractivity contribution >= 4 is 32.7 Å². The maximum atomic E-state index is 5.64. The standard InChI is InChI=1S/C13H11BrN4/c1-18-12-5-2-8(14)6-11(12)17-13(18)10-4-3-9(15)7-16-10/h2-7H,15H2,1H3. The molecule has 0 saturated carbocycles. The van der Waals surface area contributed by atoms with Crippen LogP contribution in [0.3, 0.4) is 0 Å². The van der Waals surface area contributed by atoms with Crippen LogP contribution in [0, 0.1) is 0 Å². The molecular weight excluding hydrogens is 292 g/mol. The second kappa shape index (κ2) is 4.10. The summed E-state index contributed by atoms with van der Waals surface area (Å²) in [6.07, 6.45) is 1.64. The van der Waals surface area contributed by atoms with Crippen LogP contribution in [0.1, 0.15) is 0 Å². The monoisotopic (exact) mass is 302 g/mol. The minimum atomic E-state index is 0.653. The minimum Gasteiger partial charge on any atom is -0.397 e. The second-order valence-electron chi connectivity index (χ2n) is 4.10. The van der Waals surface area contributed by atoms with Crippen LogP contribution >= 0.6 is 15.9 Å². The third-order valence-corrected chi connectivity index (χ3v) is 3.35. The summed E-state index contributed by atoms with van der Waals surface area (Å²) in [4.78, 5) is 8.91. The molecule has 5 heteroatoms. The Morgan fingerprint density at radius 2 is 2.06 bits per heavy atom. The van der Waals surface area contributed by atoms with Gasteiger partial charge >= 0.3 is 0 Å². The Bertz CT molecular complexity index is 716. The number of nitrogen functional groups attached to an aromatic ring is 1. The first-order valence-corrected chi connectivity index (χ1v) is 6.28. The average Bonchev–Trinajstić information content (AvgIpc) is 2.67. The molecule has 0 aliphatic carbocycles. The number of aromatic nitrogens is 3. The zero-order chi connectivity index (χ0) is 12.7.